The standard InChI is InChI=1S/C13H21NO2/c1-12(13-6-4-3-5-7-13)14-8-9-16-11-10-15-2/h3-7,12,14H,8-11H2,1-2H3. The molecule has 1 aromatic carbocycles. The number of methoxy groups -OCH3 is 1. The van der Waals surface area contributed by atoms with E-state index in [9.17, 15) is 0 Å². The third-order valence-electron chi connectivity index (χ3n) is 2.43. The quantitative estimate of drug-likeness (QED) is 0.684. The van der Waals surface area contributed by atoms with Gasteiger partial charge in [-0.25, -0.2) is 0 Å². The molecule has 1 aromatic rings. The summed E-state index contributed by atoms with van der Waals surface area (Å²) in [6, 6.07) is 10.8. The number of rotatable bonds is 8. The summed E-state index contributed by atoms with van der Waals surface area (Å²) in [5.41, 5.74) is 1.30. The lowest BCUT2D eigenvalue weighted by Crippen LogP contribution is -2.23. The summed E-state index contributed by atoms with van der Waals surface area (Å²) in [4.78, 5) is 0. The lowest BCUT2D eigenvalue weighted by molar-refractivity contribution is 0.0712. The highest BCUT2D eigenvalue weighted by Gasteiger charge is 2.02. The predicted octanol–water partition coefficient (Wildman–Crippen LogP) is 2.00. The molecule has 1 rings (SSSR count). The fourth-order valence-electron chi connectivity index (χ4n) is 1.45. The molecule has 1 N–H and O–H groups in total. The van der Waals surface area contributed by atoms with Gasteiger partial charge in [-0.3, -0.25) is 0 Å². The van der Waals surface area contributed by atoms with Crippen molar-refractivity contribution in [3.05, 3.63) is 35.9 Å². The van der Waals surface area contributed by atoms with Crippen molar-refractivity contribution in [2.45, 2.75) is 13.0 Å². The fourth-order valence-corrected chi connectivity index (χ4v) is 1.45. The van der Waals surface area contributed by atoms with E-state index in [1.165, 1.54) is 5.56 Å². The van der Waals surface area contributed by atoms with Gasteiger partial charge in [0.05, 0.1) is 19.8 Å². The normalized spacial score (nSPS) is 12.6. The van der Waals surface area contributed by atoms with Crippen LogP contribution in [0.15, 0.2) is 30.3 Å². The molecule has 1 unspecified atom stereocenters. The zero-order chi connectivity index (χ0) is 11.6. The molecule has 90 valence electrons. The Hall–Kier alpha value is -0.900. The van der Waals surface area contributed by atoms with Crippen molar-refractivity contribution in [1.82, 2.24) is 5.32 Å². The molecule has 3 nitrogen and oxygen atoms in total. The fraction of sp³-hybridized carbons (Fsp3) is 0.538. The Bertz CT molecular complexity index is 264. The van der Waals surface area contributed by atoms with Crippen molar-refractivity contribution in [3.8, 4) is 0 Å². The zero-order valence-corrected chi connectivity index (χ0v) is 10.1. The number of nitrogens with one attached hydrogen (secondary N) is 1. The molecule has 0 saturated heterocycles. The van der Waals surface area contributed by atoms with Gasteiger partial charge in [0.2, 0.25) is 0 Å². The van der Waals surface area contributed by atoms with E-state index >= 15 is 0 Å². The van der Waals surface area contributed by atoms with Crippen LogP contribution in [0.5, 0.6) is 0 Å². The van der Waals surface area contributed by atoms with Crippen LogP contribution >= 0.6 is 0 Å². The molecule has 16 heavy (non-hydrogen) atoms. The average Bonchev–Trinajstić information content (AvgIpc) is 2.34. The number of ether oxygens (including phenoxy) is 2. The smallest absolute Gasteiger partial charge is 0.0700 e. The van der Waals surface area contributed by atoms with E-state index in [1.807, 2.05) is 6.07 Å². The first-order chi connectivity index (χ1) is 7.84. The van der Waals surface area contributed by atoms with Gasteiger partial charge < -0.3 is 14.8 Å². The summed E-state index contributed by atoms with van der Waals surface area (Å²) < 4.78 is 10.3. The molecule has 0 spiro atoms. The Balaban J connectivity index is 2.09. The van der Waals surface area contributed by atoms with Crippen molar-refractivity contribution < 1.29 is 9.47 Å². The van der Waals surface area contributed by atoms with Crippen LogP contribution in [0, 0.1) is 0 Å². The highest BCUT2D eigenvalue weighted by molar-refractivity contribution is 5.17. The van der Waals surface area contributed by atoms with Crippen molar-refractivity contribution in [1.29, 1.82) is 0 Å². The molecule has 0 aliphatic rings. The molecule has 1 atom stereocenters. The summed E-state index contributed by atoms with van der Waals surface area (Å²) in [6.45, 7) is 5.07. The van der Waals surface area contributed by atoms with Crippen LogP contribution in [-0.2, 0) is 9.47 Å². The minimum atomic E-state index is 0.368. The first-order valence-electron chi connectivity index (χ1n) is 5.69. The summed E-state index contributed by atoms with van der Waals surface area (Å²) in [5.74, 6) is 0. The molecular formula is C13H21NO2. The van der Waals surface area contributed by atoms with Crippen LogP contribution in [-0.4, -0.2) is 33.5 Å². The molecular weight excluding hydrogens is 202 g/mol. The summed E-state index contributed by atoms with van der Waals surface area (Å²) in [7, 11) is 1.68. The number of hydrogen-bond donors (Lipinski definition) is 1. The van der Waals surface area contributed by atoms with Crippen LogP contribution in [0.3, 0.4) is 0 Å². The van der Waals surface area contributed by atoms with E-state index in [0.29, 0.717) is 19.3 Å². The van der Waals surface area contributed by atoms with Crippen molar-refractivity contribution >= 4 is 0 Å². The van der Waals surface area contributed by atoms with Gasteiger partial charge in [0.1, 0.15) is 0 Å². The van der Waals surface area contributed by atoms with Gasteiger partial charge in [0, 0.05) is 19.7 Å². The topological polar surface area (TPSA) is 30.5 Å². The Morgan fingerprint density at radius 3 is 2.56 bits per heavy atom. The zero-order valence-electron chi connectivity index (χ0n) is 10.1. The van der Waals surface area contributed by atoms with Gasteiger partial charge in [-0.15, -0.1) is 0 Å². The third kappa shape index (κ3) is 5.26. The Morgan fingerprint density at radius 1 is 1.12 bits per heavy atom. The monoisotopic (exact) mass is 223 g/mol. The number of hydrogen-bond acceptors (Lipinski definition) is 3. The molecule has 0 bridgehead atoms. The van der Waals surface area contributed by atoms with Crippen molar-refractivity contribution in [2.24, 2.45) is 0 Å². The van der Waals surface area contributed by atoms with Gasteiger partial charge in [-0.2, -0.15) is 0 Å². The second-order valence-electron chi connectivity index (χ2n) is 3.69. The minimum Gasteiger partial charge on any atom is -0.382 e. The van der Waals surface area contributed by atoms with Gasteiger partial charge in [-0.1, -0.05) is 30.3 Å². The Labute approximate surface area is 97.8 Å². The third-order valence-corrected chi connectivity index (χ3v) is 2.43. The molecule has 3 heteroatoms. The SMILES string of the molecule is COCCOCCNC(C)c1ccccc1. The van der Waals surface area contributed by atoms with E-state index in [2.05, 4.69) is 36.5 Å². The maximum Gasteiger partial charge on any atom is 0.0700 e. The van der Waals surface area contributed by atoms with Crippen LogP contribution in [0.25, 0.3) is 0 Å². The lowest BCUT2D eigenvalue weighted by atomic mass is 10.1. The van der Waals surface area contributed by atoms with Crippen LogP contribution in [0.2, 0.25) is 0 Å². The molecule has 0 radical (unpaired) electrons. The van der Waals surface area contributed by atoms with Crippen LogP contribution in [0.1, 0.15) is 18.5 Å². The highest BCUT2D eigenvalue weighted by Crippen LogP contribution is 2.10. The van der Waals surface area contributed by atoms with Crippen molar-refractivity contribution in [3.63, 3.8) is 0 Å². The van der Waals surface area contributed by atoms with Gasteiger partial charge in [0.25, 0.3) is 0 Å². The largest absolute Gasteiger partial charge is 0.382 e. The first kappa shape index (κ1) is 13.2. The molecule has 0 saturated carbocycles. The maximum atomic E-state index is 5.37. The summed E-state index contributed by atoms with van der Waals surface area (Å²) in [5, 5.41) is 3.41. The van der Waals surface area contributed by atoms with E-state index in [4.69, 9.17) is 9.47 Å². The number of benzene rings is 1. The Morgan fingerprint density at radius 2 is 1.88 bits per heavy atom. The van der Waals surface area contributed by atoms with Gasteiger partial charge in [-0.05, 0) is 12.5 Å². The summed E-state index contributed by atoms with van der Waals surface area (Å²) >= 11 is 0. The van der Waals surface area contributed by atoms with E-state index in [1.54, 1.807) is 7.11 Å². The predicted molar refractivity (Wildman–Crippen MR) is 65.6 cm³/mol. The molecule has 0 heterocycles. The minimum absolute atomic E-state index is 0.368. The maximum absolute atomic E-state index is 5.37. The second-order valence-corrected chi connectivity index (χ2v) is 3.69. The molecule has 0 aliphatic carbocycles. The summed E-state index contributed by atoms with van der Waals surface area (Å²) in [6.07, 6.45) is 0. The van der Waals surface area contributed by atoms with E-state index in [0.717, 1.165) is 13.2 Å². The van der Waals surface area contributed by atoms with Gasteiger partial charge in [0.15, 0.2) is 0 Å². The molecule has 0 amide bonds. The van der Waals surface area contributed by atoms with Gasteiger partial charge >= 0.3 is 0 Å². The molecule has 0 aliphatic heterocycles. The molecule has 0 aromatic heterocycles. The van der Waals surface area contributed by atoms with Crippen LogP contribution < -0.4 is 5.32 Å². The van der Waals surface area contributed by atoms with Crippen LogP contribution in [0.4, 0.5) is 0 Å². The highest BCUT2D eigenvalue weighted by atomic mass is 16.5. The average molecular weight is 223 g/mol. The first-order valence-corrected chi connectivity index (χ1v) is 5.69. The Kier molecular flexibility index (Phi) is 6.81. The van der Waals surface area contributed by atoms with Crippen molar-refractivity contribution in [2.75, 3.05) is 33.5 Å². The lowest BCUT2D eigenvalue weighted by Gasteiger charge is -2.14. The van der Waals surface area contributed by atoms with E-state index in [-0.39, 0.29) is 0 Å². The van der Waals surface area contributed by atoms with E-state index < -0.39 is 0 Å². The second kappa shape index (κ2) is 8.28. The molecule has 0 fully saturated rings.